The molecule has 1 heterocycles. The molecule has 2 atom stereocenters. The van der Waals surface area contributed by atoms with Gasteiger partial charge in [-0.1, -0.05) is 44.8 Å². The van der Waals surface area contributed by atoms with Crippen molar-refractivity contribution in [2.24, 2.45) is 21.7 Å². The summed E-state index contributed by atoms with van der Waals surface area (Å²) in [6, 6.07) is 0. The van der Waals surface area contributed by atoms with Crippen molar-refractivity contribution in [1.29, 1.82) is 0 Å². The van der Waals surface area contributed by atoms with Crippen LogP contribution in [-0.4, -0.2) is 6.21 Å². The standard InChI is InChI=1S/C16H21N/c1-5-16(4)9-6-7-14-13(8-10-16)11-15(2,3)12-17-14/h6-7,9,12-13H,5,11H2,1-4H3/b9-6-,14-7+. The summed E-state index contributed by atoms with van der Waals surface area (Å²) in [5, 5.41) is 0. The third kappa shape index (κ3) is 2.69. The minimum absolute atomic E-state index is 0.0212. The van der Waals surface area contributed by atoms with E-state index in [4.69, 9.17) is 0 Å². The average molecular weight is 227 g/mol. The lowest BCUT2D eigenvalue weighted by Crippen LogP contribution is -2.24. The Morgan fingerprint density at radius 3 is 2.88 bits per heavy atom. The Hall–Kier alpha value is -1.29. The molecule has 90 valence electrons. The molecule has 1 aliphatic carbocycles. The Labute approximate surface area is 105 Å². The predicted molar refractivity (Wildman–Crippen MR) is 73.8 cm³/mol. The van der Waals surface area contributed by atoms with Crippen molar-refractivity contribution in [3.63, 3.8) is 0 Å². The summed E-state index contributed by atoms with van der Waals surface area (Å²) >= 11 is 0. The van der Waals surface area contributed by atoms with Crippen LogP contribution < -0.4 is 0 Å². The summed E-state index contributed by atoms with van der Waals surface area (Å²) < 4.78 is 0. The average Bonchev–Trinajstić information content (AvgIpc) is 2.26. The van der Waals surface area contributed by atoms with Crippen LogP contribution in [0.15, 0.2) is 28.9 Å². The molecule has 0 aromatic rings. The first kappa shape index (κ1) is 12.2. The third-order valence-electron chi connectivity index (χ3n) is 3.65. The number of nitrogens with zero attached hydrogens (tertiary/aromatic N) is 1. The van der Waals surface area contributed by atoms with Gasteiger partial charge in [0.2, 0.25) is 0 Å². The number of fused-ring (bicyclic) bond motifs is 1. The molecule has 0 amide bonds. The van der Waals surface area contributed by atoms with Gasteiger partial charge >= 0.3 is 0 Å². The molecule has 0 fully saturated rings. The molecule has 0 saturated heterocycles. The Bertz CT molecular complexity index is 454. The second-order valence-electron chi connectivity index (χ2n) is 5.99. The molecule has 1 heteroatoms. The SMILES string of the molecule is CCC1(C)C#CC2CC(C)(C)C=N/C2=C/C=C\1. The highest BCUT2D eigenvalue weighted by Crippen LogP contribution is 2.34. The van der Waals surface area contributed by atoms with E-state index in [1.807, 2.05) is 0 Å². The monoisotopic (exact) mass is 227 g/mol. The molecular weight excluding hydrogens is 206 g/mol. The highest BCUT2D eigenvalue weighted by molar-refractivity contribution is 5.68. The van der Waals surface area contributed by atoms with Crippen LogP contribution in [0.1, 0.15) is 40.5 Å². The molecular formula is C16H21N. The Morgan fingerprint density at radius 2 is 2.18 bits per heavy atom. The number of hydrogen-bond acceptors (Lipinski definition) is 1. The second-order valence-corrected chi connectivity index (χ2v) is 5.99. The summed E-state index contributed by atoms with van der Waals surface area (Å²) in [5.74, 6) is 7.17. The van der Waals surface area contributed by atoms with Crippen LogP contribution in [-0.2, 0) is 0 Å². The first-order valence-electron chi connectivity index (χ1n) is 6.41. The number of hydrogen-bond donors (Lipinski definition) is 0. The van der Waals surface area contributed by atoms with Crippen molar-refractivity contribution in [2.75, 3.05) is 0 Å². The highest BCUT2D eigenvalue weighted by atomic mass is 14.8. The minimum Gasteiger partial charge on any atom is -0.264 e. The quantitative estimate of drug-likeness (QED) is 0.601. The molecule has 0 N–H and O–H groups in total. The van der Waals surface area contributed by atoms with Gasteiger partial charge in [-0.15, -0.1) is 0 Å². The zero-order valence-electron chi connectivity index (χ0n) is 11.2. The summed E-state index contributed by atoms with van der Waals surface area (Å²) in [5.41, 5.74) is 1.31. The van der Waals surface area contributed by atoms with Crippen molar-refractivity contribution < 1.29 is 0 Å². The summed E-state index contributed by atoms with van der Waals surface area (Å²) in [7, 11) is 0. The second kappa shape index (κ2) is 4.18. The molecule has 1 nitrogen and oxygen atoms in total. The first-order valence-corrected chi connectivity index (χ1v) is 6.41. The van der Waals surface area contributed by atoms with Crippen LogP contribution in [0.2, 0.25) is 0 Å². The Morgan fingerprint density at radius 1 is 1.41 bits per heavy atom. The molecule has 2 rings (SSSR count). The minimum atomic E-state index is 0.0212. The molecule has 0 aromatic carbocycles. The molecule has 2 aliphatic rings. The van der Waals surface area contributed by atoms with Gasteiger partial charge in [0.1, 0.15) is 0 Å². The van der Waals surface area contributed by atoms with E-state index in [2.05, 4.69) is 69.0 Å². The van der Waals surface area contributed by atoms with E-state index >= 15 is 0 Å². The zero-order chi connectivity index (χ0) is 12.5. The van der Waals surface area contributed by atoms with Gasteiger partial charge in [-0.3, -0.25) is 4.99 Å². The molecule has 1 aliphatic heterocycles. The molecule has 0 aromatic heterocycles. The van der Waals surface area contributed by atoms with E-state index < -0.39 is 0 Å². The van der Waals surface area contributed by atoms with E-state index in [1.165, 1.54) is 0 Å². The Balaban J connectivity index is 2.38. The van der Waals surface area contributed by atoms with Crippen LogP contribution in [0, 0.1) is 28.6 Å². The van der Waals surface area contributed by atoms with Gasteiger partial charge in [-0.05, 0) is 25.8 Å². The number of allylic oxidation sites excluding steroid dienone is 4. The lowest BCUT2D eigenvalue weighted by molar-refractivity contribution is 0.425. The normalized spacial score (nSPS) is 38.8. The van der Waals surface area contributed by atoms with Crippen molar-refractivity contribution in [1.82, 2.24) is 0 Å². The first-order chi connectivity index (χ1) is 7.94. The maximum Gasteiger partial charge on any atom is 0.0633 e. The van der Waals surface area contributed by atoms with Gasteiger partial charge in [-0.25, -0.2) is 0 Å². The fraction of sp³-hybridized carbons (Fsp3) is 0.562. The number of aliphatic imine (C=N–C) groups is 1. The molecule has 0 radical (unpaired) electrons. The van der Waals surface area contributed by atoms with Crippen molar-refractivity contribution >= 4 is 6.21 Å². The molecule has 2 unspecified atom stereocenters. The Kier molecular flexibility index (Phi) is 3.00. The summed E-state index contributed by atoms with van der Waals surface area (Å²) in [6.45, 7) is 8.84. The van der Waals surface area contributed by atoms with E-state index in [0.29, 0.717) is 5.92 Å². The van der Waals surface area contributed by atoms with Gasteiger partial charge < -0.3 is 0 Å². The van der Waals surface area contributed by atoms with E-state index in [9.17, 15) is 0 Å². The van der Waals surface area contributed by atoms with E-state index in [0.717, 1.165) is 18.5 Å². The van der Waals surface area contributed by atoms with Crippen LogP contribution in [0.3, 0.4) is 0 Å². The van der Waals surface area contributed by atoms with Gasteiger partial charge in [-0.2, -0.15) is 0 Å². The smallest absolute Gasteiger partial charge is 0.0633 e. The maximum absolute atomic E-state index is 4.56. The van der Waals surface area contributed by atoms with Crippen molar-refractivity contribution in [2.45, 2.75) is 40.5 Å². The highest BCUT2D eigenvalue weighted by Gasteiger charge is 2.28. The molecule has 0 saturated carbocycles. The van der Waals surface area contributed by atoms with Gasteiger partial charge in [0.15, 0.2) is 0 Å². The fourth-order valence-electron chi connectivity index (χ4n) is 2.17. The fourth-order valence-corrected chi connectivity index (χ4v) is 2.17. The van der Waals surface area contributed by atoms with Gasteiger partial charge in [0.25, 0.3) is 0 Å². The van der Waals surface area contributed by atoms with Crippen LogP contribution in [0.25, 0.3) is 0 Å². The van der Waals surface area contributed by atoms with Gasteiger partial charge in [0.05, 0.1) is 11.6 Å². The molecule has 0 spiro atoms. The predicted octanol–water partition coefficient (Wildman–Crippen LogP) is 3.98. The topological polar surface area (TPSA) is 12.4 Å². The molecule has 17 heavy (non-hydrogen) atoms. The zero-order valence-corrected chi connectivity index (χ0v) is 11.2. The van der Waals surface area contributed by atoms with Crippen LogP contribution in [0.5, 0.6) is 0 Å². The third-order valence-corrected chi connectivity index (χ3v) is 3.65. The largest absolute Gasteiger partial charge is 0.264 e. The summed E-state index contributed by atoms with van der Waals surface area (Å²) in [6.07, 6.45) is 10.6. The van der Waals surface area contributed by atoms with Gasteiger partial charge in [0, 0.05) is 17.0 Å². The number of rotatable bonds is 1. The lowest BCUT2D eigenvalue weighted by atomic mass is 9.78. The maximum atomic E-state index is 4.56. The van der Waals surface area contributed by atoms with Crippen LogP contribution >= 0.6 is 0 Å². The van der Waals surface area contributed by atoms with Crippen molar-refractivity contribution in [3.8, 4) is 11.8 Å². The van der Waals surface area contributed by atoms with Crippen molar-refractivity contribution in [3.05, 3.63) is 23.9 Å². The van der Waals surface area contributed by atoms with Crippen LogP contribution in [0.4, 0.5) is 0 Å². The summed E-state index contributed by atoms with van der Waals surface area (Å²) in [4.78, 5) is 4.56. The van der Waals surface area contributed by atoms with E-state index in [1.54, 1.807) is 0 Å². The molecule has 0 bridgehead atoms. The van der Waals surface area contributed by atoms with E-state index in [-0.39, 0.29) is 10.8 Å². The lowest BCUT2D eigenvalue weighted by Gasteiger charge is -2.29.